The second kappa shape index (κ2) is 9.91. The van der Waals surface area contributed by atoms with Gasteiger partial charge in [0.1, 0.15) is 0 Å². The Morgan fingerprint density at radius 1 is 1.14 bits per heavy atom. The Bertz CT molecular complexity index is 871. The molecule has 0 radical (unpaired) electrons. The molecule has 1 aromatic rings. The highest BCUT2D eigenvalue weighted by Crippen LogP contribution is 2.25. The van der Waals surface area contributed by atoms with Crippen molar-refractivity contribution in [1.29, 1.82) is 0 Å². The maximum Gasteiger partial charge on any atom is 0.317 e. The standard InChI is InChI=1S/C17H27N3O5S2.ClH/c1-19(2)12-10-18-17(21)20-11-4-5-16(13-20)27(24,25)15-8-6-14(7-9-15)26(3,22)23;/h6-9,16H,4-5,10-13H2,1-3H3,(H,18,21);1H. The SMILES string of the molecule is CN(C)CCNC(=O)N1CCCC(S(=O)(=O)c2ccc(S(C)(=O)=O)cc2)C1.Cl. The molecule has 1 fully saturated rings. The first-order valence-electron chi connectivity index (χ1n) is 8.73. The van der Waals surface area contributed by atoms with E-state index in [0.29, 0.717) is 32.5 Å². The fourth-order valence-corrected chi connectivity index (χ4v) is 5.33. The van der Waals surface area contributed by atoms with Gasteiger partial charge >= 0.3 is 6.03 Å². The Morgan fingerprint density at radius 2 is 1.71 bits per heavy atom. The lowest BCUT2D eigenvalue weighted by Gasteiger charge is -2.32. The van der Waals surface area contributed by atoms with E-state index in [-0.39, 0.29) is 34.8 Å². The first kappa shape index (κ1) is 24.7. The van der Waals surface area contributed by atoms with Crippen LogP contribution in [0.15, 0.2) is 34.1 Å². The molecular weight excluding hydrogens is 426 g/mol. The van der Waals surface area contributed by atoms with Gasteiger partial charge in [-0.1, -0.05) is 0 Å². The Hall–Kier alpha value is -1.36. The summed E-state index contributed by atoms with van der Waals surface area (Å²) in [7, 11) is -3.22. The van der Waals surface area contributed by atoms with Crippen LogP contribution in [0.1, 0.15) is 12.8 Å². The molecule has 1 atom stereocenters. The quantitative estimate of drug-likeness (QED) is 0.689. The molecule has 1 aromatic carbocycles. The Morgan fingerprint density at radius 3 is 2.25 bits per heavy atom. The molecule has 2 amide bonds. The van der Waals surface area contributed by atoms with E-state index in [1.54, 1.807) is 0 Å². The number of amides is 2. The van der Waals surface area contributed by atoms with E-state index < -0.39 is 24.9 Å². The fourth-order valence-electron chi connectivity index (χ4n) is 2.94. The van der Waals surface area contributed by atoms with Crippen LogP contribution in [0.2, 0.25) is 0 Å². The van der Waals surface area contributed by atoms with Crippen LogP contribution in [0.25, 0.3) is 0 Å². The molecule has 11 heteroatoms. The van der Waals surface area contributed by atoms with Crippen molar-refractivity contribution in [3.63, 3.8) is 0 Å². The zero-order valence-electron chi connectivity index (χ0n) is 16.3. The molecule has 0 spiro atoms. The first-order chi connectivity index (χ1) is 12.5. The minimum atomic E-state index is -3.65. The molecule has 0 aromatic heterocycles. The van der Waals surface area contributed by atoms with E-state index >= 15 is 0 Å². The molecule has 0 bridgehead atoms. The van der Waals surface area contributed by atoms with Crippen molar-refractivity contribution in [2.24, 2.45) is 0 Å². The molecule has 2 rings (SSSR count). The number of halogens is 1. The molecule has 1 N–H and O–H groups in total. The maximum absolute atomic E-state index is 12.9. The van der Waals surface area contributed by atoms with Crippen LogP contribution in [-0.4, -0.2) is 84.4 Å². The van der Waals surface area contributed by atoms with Gasteiger partial charge in [0.25, 0.3) is 0 Å². The van der Waals surface area contributed by atoms with Gasteiger partial charge in [-0.2, -0.15) is 0 Å². The minimum absolute atomic E-state index is 0. The fraction of sp³-hybridized carbons (Fsp3) is 0.588. The highest BCUT2D eigenvalue weighted by Gasteiger charge is 2.33. The third-order valence-electron chi connectivity index (χ3n) is 4.52. The van der Waals surface area contributed by atoms with Crippen molar-refractivity contribution in [1.82, 2.24) is 15.1 Å². The zero-order chi connectivity index (χ0) is 20.2. The number of likely N-dealkylation sites (N-methyl/N-ethyl adjacent to an activating group) is 1. The normalized spacial score (nSPS) is 17.9. The molecule has 1 unspecified atom stereocenters. The van der Waals surface area contributed by atoms with Crippen molar-refractivity contribution >= 4 is 38.1 Å². The molecule has 1 aliphatic heterocycles. The summed E-state index contributed by atoms with van der Waals surface area (Å²) in [5, 5.41) is 2.10. The summed E-state index contributed by atoms with van der Waals surface area (Å²) in [6.45, 7) is 1.84. The maximum atomic E-state index is 12.9. The second-order valence-electron chi connectivity index (χ2n) is 7.03. The van der Waals surface area contributed by atoms with Crippen molar-refractivity contribution in [2.75, 3.05) is 46.5 Å². The lowest BCUT2D eigenvalue weighted by atomic mass is 10.1. The second-order valence-corrected chi connectivity index (χ2v) is 11.3. The van der Waals surface area contributed by atoms with Crippen LogP contribution in [0.4, 0.5) is 4.79 Å². The van der Waals surface area contributed by atoms with Crippen molar-refractivity contribution in [3.05, 3.63) is 24.3 Å². The van der Waals surface area contributed by atoms with Crippen LogP contribution in [0.5, 0.6) is 0 Å². The molecule has 160 valence electrons. The molecule has 0 aliphatic carbocycles. The van der Waals surface area contributed by atoms with E-state index in [9.17, 15) is 21.6 Å². The first-order valence-corrected chi connectivity index (χ1v) is 12.2. The van der Waals surface area contributed by atoms with Crippen LogP contribution < -0.4 is 5.32 Å². The third kappa shape index (κ3) is 6.33. The van der Waals surface area contributed by atoms with E-state index in [4.69, 9.17) is 0 Å². The number of nitrogens with one attached hydrogen (secondary N) is 1. The number of sulfone groups is 2. The lowest BCUT2D eigenvalue weighted by Crippen LogP contribution is -2.49. The molecule has 0 saturated carbocycles. The van der Waals surface area contributed by atoms with E-state index in [1.165, 1.54) is 29.2 Å². The average molecular weight is 454 g/mol. The van der Waals surface area contributed by atoms with Crippen LogP contribution in [-0.2, 0) is 19.7 Å². The topological polar surface area (TPSA) is 104 Å². The lowest BCUT2D eigenvalue weighted by molar-refractivity contribution is 0.186. The zero-order valence-corrected chi connectivity index (χ0v) is 18.7. The number of likely N-dealkylation sites (tertiary alicyclic amines) is 1. The number of hydrogen-bond donors (Lipinski definition) is 1. The number of benzene rings is 1. The number of urea groups is 1. The van der Waals surface area contributed by atoms with E-state index in [1.807, 2.05) is 19.0 Å². The molecule has 1 aliphatic rings. The van der Waals surface area contributed by atoms with Gasteiger partial charge < -0.3 is 15.1 Å². The smallest absolute Gasteiger partial charge is 0.317 e. The Kier molecular flexibility index (Phi) is 8.73. The summed E-state index contributed by atoms with van der Waals surface area (Å²) < 4.78 is 48.9. The minimum Gasteiger partial charge on any atom is -0.337 e. The van der Waals surface area contributed by atoms with Crippen molar-refractivity contribution < 1.29 is 21.6 Å². The number of hydrogen-bond acceptors (Lipinski definition) is 6. The van der Waals surface area contributed by atoms with Gasteiger partial charge in [-0.25, -0.2) is 21.6 Å². The molecule has 28 heavy (non-hydrogen) atoms. The van der Waals surface area contributed by atoms with Crippen molar-refractivity contribution in [3.8, 4) is 0 Å². The van der Waals surface area contributed by atoms with Crippen LogP contribution in [0, 0.1) is 0 Å². The predicted octanol–water partition coefficient (Wildman–Crippen LogP) is 1.02. The van der Waals surface area contributed by atoms with E-state index in [0.717, 1.165) is 6.26 Å². The monoisotopic (exact) mass is 453 g/mol. The van der Waals surface area contributed by atoms with Gasteiger partial charge in [-0.15, -0.1) is 12.4 Å². The van der Waals surface area contributed by atoms with Gasteiger partial charge in [-0.05, 0) is 51.2 Å². The van der Waals surface area contributed by atoms with Gasteiger partial charge in [0.2, 0.25) is 0 Å². The summed E-state index contributed by atoms with van der Waals surface area (Å²) in [5.41, 5.74) is 0. The molecule has 8 nitrogen and oxygen atoms in total. The summed E-state index contributed by atoms with van der Waals surface area (Å²) in [4.78, 5) is 15.9. The number of nitrogens with zero attached hydrogens (tertiary/aromatic N) is 2. The molecule has 1 heterocycles. The van der Waals surface area contributed by atoms with Crippen LogP contribution in [0.3, 0.4) is 0 Å². The van der Waals surface area contributed by atoms with Gasteiger partial charge in [-0.3, -0.25) is 0 Å². The number of carbonyl (C=O) groups excluding carboxylic acids is 1. The molecular formula is C17H28ClN3O5S2. The molecule has 1 saturated heterocycles. The summed E-state index contributed by atoms with van der Waals surface area (Å²) >= 11 is 0. The van der Waals surface area contributed by atoms with Gasteiger partial charge in [0, 0.05) is 32.4 Å². The Balaban J connectivity index is 0.00000392. The number of piperidine rings is 1. The van der Waals surface area contributed by atoms with Gasteiger partial charge in [0.05, 0.1) is 15.0 Å². The van der Waals surface area contributed by atoms with Crippen LogP contribution >= 0.6 is 12.4 Å². The largest absolute Gasteiger partial charge is 0.337 e. The summed E-state index contributed by atoms with van der Waals surface area (Å²) in [6, 6.07) is 4.99. The number of rotatable bonds is 6. The summed E-state index contributed by atoms with van der Waals surface area (Å²) in [5.74, 6) is 0. The average Bonchev–Trinajstić information content (AvgIpc) is 2.61. The predicted molar refractivity (Wildman–Crippen MR) is 111 cm³/mol. The highest BCUT2D eigenvalue weighted by molar-refractivity contribution is 7.92. The number of carbonyl (C=O) groups is 1. The van der Waals surface area contributed by atoms with E-state index in [2.05, 4.69) is 5.32 Å². The highest BCUT2D eigenvalue weighted by atomic mass is 35.5. The van der Waals surface area contributed by atoms with Crippen molar-refractivity contribution in [2.45, 2.75) is 27.9 Å². The summed E-state index contributed by atoms with van der Waals surface area (Å²) in [6.07, 6.45) is 2.15. The third-order valence-corrected chi connectivity index (χ3v) is 7.84. The van der Waals surface area contributed by atoms with Gasteiger partial charge in [0.15, 0.2) is 19.7 Å². The Labute approximate surface area is 173 Å².